The second-order valence-corrected chi connectivity index (χ2v) is 6.62. The lowest BCUT2D eigenvalue weighted by Gasteiger charge is -2.04. The maximum atomic E-state index is 11.9. The van der Waals surface area contributed by atoms with Gasteiger partial charge in [-0.05, 0) is 17.7 Å². The van der Waals surface area contributed by atoms with Crippen molar-refractivity contribution in [1.29, 1.82) is 0 Å². The Labute approximate surface area is 155 Å². The van der Waals surface area contributed by atoms with Crippen molar-refractivity contribution in [2.45, 2.75) is 6.54 Å². The summed E-state index contributed by atoms with van der Waals surface area (Å²) in [5, 5.41) is 5.89. The number of carbonyl (C=O) groups is 1. The average molecular weight is 360 g/mol. The molecule has 0 atom stereocenters. The Balaban J connectivity index is 1.43. The van der Waals surface area contributed by atoms with E-state index in [9.17, 15) is 4.79 Å². The molecule has 2 aromatic heterocycles. The number of furan rings is 1. The third-order valence-corrected chi connectivity index (χ3v) is 4.86. The summed E-state index contributed by atoms with van der Waals surface area (Å²) in [5.74, 6) is 0.101. The molecule has 4 rings (SSSR count). The summed E-state index contributed by atoms with van der Waals surface area (Å²) in [5.41, 5.74) is 4.19. The monoisotopic (exact) mass is 360 g/mol. The van der Waals surface area contributed by atoms with E-state index in [1.807, 2.05) is 42.5 Å². The number of hydrogen-bond donors (Lipinski definition) is 1. The van der Waals surface area contributed by atoms with Gasteiger partial charge in [0.05, 0.1) is 12.0 Å². The van der Waals surface area contributed by atoms with Crippen molar-refractivity contribution in [2.75, 3.05) is 0 Å². The molecule has 0 bridgehead atoms. The highest BCUT2D eigenvalue weighted by molar-refractivity contribution is 7.13. The Morgan fingerprint density at radius 1 is 0.962 bits per heavy atom. The Morgan fingerprint density at radius 3 is 2.50 bits per heavy atom. The van der Waals surface area contributed by atoms with E-state index in [2.05, 4.69) is 22.8 Å². The minimum atomic E-state index is -0.216. The molecule has 0 saturated carbocycles. The zero-order chi connectivity index (χ0) is 17.8. The molecule has 128 valence electrons. The lowest BCUT2D eigenvalue weighted by Crippen LogP contribution is -2.22. The van der Waals surface area contributed by atoms with Crippen molar-refractivity contribution < 1.29 is 9.21 Å². The van der Waals surface area contributed by atoms with E-state index in [0.29, 0.717) is 12.3 Å². The van der Waals surface area contributed by atoms with E-state index < -0.39 is 0 Å². The number of amides is 1. The number of aromatic nitrogens is 1. The molecule has 4 aromatic rings. The first kappa shape index (κ1) is 16.3. The van der Waals surface area contributed by atoms with Crippen LogP contribution < -0.4 is 5.32 Å². The van der Waals surface area contributed by atoms with E-state index in [-0.39, 0.29) is 5.91 Å². The lowest BCUT2D eigenvalue weighted by atomic mass is 10.1. The smallest absolute Gasteiger partial charge is 0.287 e. The molecule has 0 unspecified atom stereocenters. The van der Waals surface area contributed by atoms with Crippen LogP contribution in [-0.4, -0.2) is 10.9 Å². The molecule has 0 radical (unpaired) electrons. The molecule has 2 aromatic carbocycles. The third-order valence-electron chi connectivity index (χ3n) is 3.97. The average Bonchev–Trinajstić information content (AvgIpc) is 3.39. The summed E-state index contributed by atoms with van der Waals surface area (Å²) in [4.78, 5) is 16.6. The molecule has 0 fully saturated rings. The van der Waals surface area contributed by atoms with Crippen LogP contribution in [0, 0.1) is 0 Å². The number of nitrogens with zero attached hydrogens (tertiary/aromatic N) is 1. The van der Waals surface area contributed by atoms with Crippen LogP contribution >= 0.6 is 11.3 Å². The minimum absolute atomic E-state index is 0.216. The predicted octanol–water partition coefficient (Wildman–Crippen LogP) is 5.00. The molecule has 0 saturated heterocycles. The van der Waals surface area contributed by atoms with Gasteiger partial charge in [-0.25, -0.2) is 4.98 Å². The molecule has 0 aliphatic heterocycles. The number of thiazole rings is 1. The molecule has 1 N–H and O–H groups in total. The molecule has 26 heavy (non-hydrogen) atoms. The summed E-state index contributed by atoms with van der Waals surface area (Å²) < 4.78 is 5.08. The Morgan fingerprint density at radius 2 is 1.77 bits per heavy atom. The van der Waals surface area contributed by atoms with Crippen molar-refractivity contribution >= 4 is 17.2 Å². The normalized spacial score (nSPS) is 10.6. The molecule has 4 nitrogen and oxygen atoms in total. The van der Waals surface area contributed by atoms with Crippen molar-refractivity contribution in [2.24, 2.45) is 0 Å². The fourth-order valence-electron chi connectivity index (χ4n) is 2.59. The molecule has 2 heterocycles. The molecule has 0 aliphatic carbocycles. The Hall–Kier alpha value is -3.18. The van der Waals surface area contributed by atoms with E-state index in [1.54, 1.807) is 23.5 Å². The SMILES string of the molecule is O=C(NCc1ccc(-c2nc(-c3ccccc3)cs2)cc1)c1ccco1. The number of carbonyl (C=O) groups excluding carboxylic acids is 1. The van der Waals surface area contributed by atoms with Crippen LogP contribution in [0.2, 0.25) is 0 Å². The summed E-state index contributed by atoms with van der Waals surface area (Å²) in [6, 6.07) is 21.5. The molecule has 5 heteroatoms. The molecule has 1 amide bonds. The van der Waals surface area contributed by atoms with Crippen LogP contribution in [0.1, 0.15) is 16.1 Å². The summed E-state index contributed by atoms with van der Waals surface area (Å²) in [6.45, 7) is 0.451. The minimum Gasteiger partial charge on any atom is -0.459 e. The van der Waals surface area contributed by atoms with Gasteiger partial charge < -0.3 is 9.73 Å². The number of nitrogens with one attached hydrogen (secondary N) is 1. The largest absolute Gasteiger partial charge is 0.459 e. The highest BCUT2D eigenvalue weighted by Crippen LogP contribution is 2.28. The van der Waals surface area contributed by atoms with Gasteiger partial charge in [-0.2, -0.15) is 0 Å². The van der Waals surface area contributed by atoms with Crippen molar-refractivity contribution in [3.63, 3.8) is 0 Å². The lowest BCUT2D eigenvalue weighted by molar-refractivity contribution is 0.0923. The standard InChI is InChI=1S/C21H16N2O2S/c24-20(19-7-4-12-25-19)22-13-15-8-10-17(11-9-15)21-23-18(14-26-21)16-5-2-1-3-6-16/h1-12,14H,13H2,(H,22,24). The van der Waals surface area contributed by atoms with Crippen LogP contribution in [0.15, 0.2) is 82.8 Å². The zero-order valence-electron chi connectivity index (χ0n) is 13.9. The maximum absolute atomic E-state index is 11.9. The highest BCUT2D eigenvalue weighted by atomic mass is 32.1. The van der Waals surface area contributed by atoms with Gasteiger partial charge in [0, 0.05) is 23.1 Å². The quantitative estimate of drug-likeness (QED) is 0.545. The molecular weight excluding hydrogens is 344 g/mol. The van der Waals surface area contributed by atoms with Gasteiger partial charge in [0.25, 0.3) is 5.91 Å². The fourth-order valence-corrected chi connectivity index (χ4v) is 3.43. The Kier molecular flexibility index (Phi) is 4.62. The van der Waals surface area contributed by atoms with Crippen LogP contribution in [0.3, 0.4) is 0 Å². The van der Waals surface area contributed by atoms with Crippen molar-refractivity contribution in [3.05, 3.63) is 89.7 Å². The van der Waals surface area contributed by atoms with Gasteiger partial charge in [-0.15, -0.1) is 11.3 Å². The zero-order valence-corrected chi connectivity index (χ0v) is 14.7. The number of rotatable bonds is 5. The van der Waals surface area contributed by atoms with Gasteiger partial charge in [0.2, 0.25) is 0 Å². The first-order chi connectivity index (χ1) is 12.8. The topological polar surface area (TPSA) is 55.1 Å². The molecule has 0 spiro atoms. The summed E-state index contributed by atoms with van der Waals surface area (Å²) in [7, 11) is 0. The molecule has 0 aliphatic rings. The number of hydrogen-bond acceptors (Lipinski definition) is 4. The van der Waals surface area contributed by atoms with Crippen LogP contribution in [0.5, 0.6) is 0 Å². The van der Waals surface area contributed by atoms with Crippen LogP contribution in [0.25, 0.3) is 21.8 Å². The van der Waals surface area contributed by atoms with Gasteiger partial charge >= 0.3 is 0 Å². The van der Waals surface area contributed by atoms with Gasteiger partial charge in [0.15, 0.2) is 5.76 Å². The van der Waals surface area contributed by atoms with E-state index in [0.717, 1.165) is 27.4 Å². The first-order valence-electron chi connectivity index (χ1n) is 8.21. The van der Waals surface area contributed by atoms with Crippen LogP contribution in [0.4, 0.5) is 0 Å². The second-order valence-electron chi connectivity index (χ2n) is 5.76. The van der Waals surface area contributed by atoms with Gasteiger partial charge in [-0.1, -0.05) is 54.6 Å². The predicted molar refractivity (Wildman–Crippen MR) is 103 cm³/mol. The van der Waals surface area contributed by atoms with Gasteiger partial charge in [0.1, 0.15) is 5.01 Å². The van der Waals surface area contributed by atoms with E-state index >= 15 is 0 Å². The van der Waals surface area contributed by atoms with Crippen molar-refractivity contribution in [1.82, 2.24) is 10.3 Å². The highest BCUT2D eigenvalue weighted by Gasteiger charge is 2.09. The second kappa shape index (κ2) is 7.37. The fraction of sp³-hybridized carbons (Fsp3) is 0.0476. The maximum Gasteiger partial charge on any atom is 0.287 e. The molecular formula is C21H16N2O2S. The Bertz CT molecular complexity index is 990. The van der Waals surface area contributed by atoms with Gasteiger partial charge in [-0.3, -0.25) is 4.79 Å². The first-order valence-corrected chi connectivity index (χ1v) is 9.09. The van der Waals surface area contributed by atoms with E-state index in [4.69, 9.17) is 9.40 Å². The van der Waals surface area contributed by atoms with Crippen LogP contribution in [-0.2, 0) is 6.54 Å². The number of benzene rings is 2. The third kappa shape index (κ3) is 3.58. The van der Waals surface area contributed by atoms with E-state index in [1.165, 1.54) is 6.26 Å². The van der Waals surface area contributed by atoms with Crippen molar-refractivity contribution in [3.8, 4) is 21.8 Å². The summed E-state index contributed by atoms with van der Waals surface area (Å²) in [6.07, 6.45) is 1.49. The summed E-state index contributed by atoms with van der Waals surface area (Å²) >= 11 is 1.63.